The molecule has 5 heteroatoms. The van der Waals surface area contributed by atoms with Crippen LogP contribution in [0, 0.1) is 19.8 Å². The first-order valence-electron chi connectivity index (χ1n) is 7.62. The second kappa shape index (κ2) is 5.97. The number of anilines is 1. The van der Waals surface area contributed by atoms with Gasteiger partial charge in [-0.25, -0.2) is 8.42 Å². The Morgan fingerprint density at radius 3 is 2.43 bits per heavy atom. The molecule has 0 radical (unpaired) electrons. The molecule has 2 rings (SSSR count). The van der Waals surface area contributed by atoms with Crippen LogP contribution in [0.15, 0.2) is 17.0 Å². The van der Waals surface area contributed by atoms with Crippen molar-refractivity contribution in [3.8, 4) is 0 Å². The first-order chi connectivity index (χ1) is 9.75. The number of nitrogens with two attached hydrogens (primary N) is 1. The van der Waals surface area contributed by atoms with Crippen LogP contribution in [0.5, 0.6) is 0 Å². The van der Waals surface area contributed by atoms with Crippen LogP contribution in [0.25, 0.3) is 0 Å². The van der Waals surface area contributed by atoms with Gasteiger partial charge in [-0.15, -0.1) is 0 Å². The van der Waals surface area contributed by atoms with Crippen molar-refractivity contribution in [2.45, 2.75) is 57.9 Å². The van der Waals surface area contributed by atoms with E-state index in [0.717, 1.165) is 30.4 Å². The van der Waals surface area contributed by atoms with E-state index >= 15 is 0 Å². The molecule has 0 bridgehead atoms. The Bertz CT molecular complexity index is 619. The monoisotopic (exact) mass is 310 g/mol. The molecule has 118 valence electrons. The van der Waals surface area contributed by atoms with Crippen LogP contribution >= 0.6 is 0 Å². The summed E-state index contributed by atoms with van der Waals surface area (Å²) in [7, 11) is -3.51. The summed E-state index contributed by atoms with van der Waals surface area (Å²) in [5.41, 5.74) is 8.07. The largest absolute Gasteiger partial charge is 0.398 e. The highest BCUT2D eigenvalue weighted by Gasteiger charge is 2.39. The molecule has 1 aliphatic rings. The highest BCUT2D eigenvalue weighted by Crippen LogP contribution is 2.36. The molecular formula is C16H26N2O2S. The van der Waals surface area contributed by atoms with Crippen LogP contribution in [0.1, 0.15) is 44.2 Å². The number of hydrogen-bond donors (Lipinski definition) is 1. The van der Waals surface area contributed by atoms with E-state index in [1.807, 2.05) is 19.9 Å². The summed E-state index contributed by atoms with van der Waals surface area (Å²) in [5, 5.41) is 0. The van der Waals surface area contributed by atoms with E-state index in [4.69, 9.17) is 5.73 Å². The molecule has 1 saturated carbocycles. The molecule has 1 aliphatic carbocycles. The molecule has 4 nitrogen and oxygen atoms in total. The van der Waals surface area contributed by atoms with Gasteiger partial charge in [-0.1, -0.05) is 19.9 Å². The lowest BCUT2D eigenvalue weighted by molar-refractivity contribution is 0.373. The van der Waals surface area contributed by atoms with Crippen molar-refractivity contribution in [3.05, 3.63) is 23.3 Å². The van der Waals surface area contributed by atoms with Crippen LogP contribution in [-0.4, -0.2) is 25.3 Å². The van der Waals surface area contributed by atoms with Crippen molar-refractivity contribution in [1.29, 1.82) is 0 Å². The minimum Gasteiger partial charge on any atom is -0.398 e. The molecular weight excluding hydrogens is 284 g/mol. The highest BCUT2D eigenvalue weighted by atomic mass is 32.2. The minimum absolute atomic E-state index is 0.160. The molecule has 1 aromatic rings. The van der Waals surface area contributed by atoms with Gasteiger partial charge in [-0.3, -0.25) is 0 Å². The Balaban J connectivity index is 2.41. The summed E-state index contributed by atoms with van der Waals surface area (Å²) in [6, 6.07) is 3.73. The maximum absolute atomic E-state index is 13.1. The third kappa shape index (κ3) is 3.40. The van der Waals surface area contributed by atoms with E-state index in [2.05, 4.69) is 13.8 Å². The van der Waals surface area contributed by atoms with E-state index in [9.17, 15) is 8.42 Å². The summed E-state index contributed by atoms with van der Waals surface area (Å²) < 4.78 is 27.8. The Hall–Kier alpha value is -1.07. The fourth-order valence-electron chi connectivity index (χ4n) is 2.52. The molecule has 0 heterocycles. The fraction of sp³-hybridized carbons (Fsp3) is 0.625. The normalized spacial score (nSPS) is 15.9. The standard InChI is InChI=1S/C16H26N2O2S/c1-11(2)9-10-18(14-6-7-14)21(19,20)16-13(4)12(3)5-8-15(16)17/h5,8,11,14H,6-7,9-10,17H2,1-4H3. The van der Waals surface area contributed by atoms with Crippen LogP contribution in [-0.2, 0) is 10.0 Å². The molecule has 2 N–H and O–H groups in total. The zero-order chi connectivity index (χ0) is 15.8. The van der Waals surface area contributed by atoms with Gasteiger partial charge in [0.1, 0.15) is 4.90 Å². The molecule has 1 fully saturated rings. The lowest BCUT2D eigenvalue weighted by atomic mass is 10.1. The Morgan fingerprint density at radius 2 is 1.90 bits per heavy atom. The number of sulfonamides is 1. The number of benzene rings is 1. The second-order valence-electron chi connectivity index (χ2n) is 6.46. The number of nitrogen functional groups attached to an aromatic ring is 1. The summed E-state index contributed by atoms with van der Waals surface area (Å²) in [5.74, 6) is 0.484. The predicted molar refractivity (Wildman–Crippen MR) is 86.7 cm³/mol. The number of hydrogen-bond acceptors (Lipinski definition) is 3. The lowest BCUT2D eigenvalue weighted by Gasteiger charge is -2.25. The third-order valence-corrected chi connectivity index (χ3v) is 6.31. The van der Waals surface area contributed by atoms with Crippen molar-refractivity contribution in [2.24, 2.45) is 5.92 Å². The minimum atomic E-state index is -3.51. The maximum Gasteiger partial charge on any atom is 0.245 e. The molecule has 0 aromatic heterocycles. The average Bonchev–Trinajstić information content (AvgIpc) is 3.18. The van der Waals surface area contributed by atoms with Crippen LogP contribution in [0.2, 0.25) is 0 Å². The lowest BCUT2D eigenvalue weighted by Crippen LogP contribution is -2.35. The van der Waals surface area contributed by atoms with Crippen molar-refractivity contribution >= 4 is 15.7 Å². The van der Waals surface area contributed by atoms with Crippen molar-refractivity contribution < 1.29 is 8.42 Å². The van der Waals surface area contributed by atoms with Crippen molar-refractivity contribution in [2.75, 3.05) is 12.3 Å². The Morgan fingerprint density at radius 1 is 1.29 bits per heavy atom. The van der Waals surface area contributed by atoms with Gasteiger partial charge in [0.15, 0.2) is 0 Å². The summed E-state index contributed by atoms with van der Waals surface area (Å²) >= 11 is 0. The Kier molecular flexibility index (Phi) is 4.63. The van der Waals surface area contributed by atoms with Crippen LogP contribution < -0.4 is 5.73 Å². The summed E-state index contributed by atoms with van der Waals surface area (Å²) in [6.45, 7) is 8.57. The molecule has 0 unspecified atom stereocenters. The van der Waals surface area contributed by atoms with E-state index in [-0.39, 0.29) is 6.04 Å². The van der Waals surface area contributed by atoms with Gasteiger partial charge in [-0.2, -0.15) is 4.31 Å². The topological polar surface area (TPSA) is 63.4 Å². The van der Waals surface area contributed by atoms with Gasteiger partial charge in [-0.05, 0) is 56.2 Å². The smallest absolute Gasteiger partial charge is 0.245 e. The Labute approximate surface area is 128 Å². The van der Waals surface area contributed by atoms with Crippen LogP contribution in [0.3, 0.4) is 0 Å². The van der Waals surface area contributed by atoms with Crippen molar-refractivity contribution in [1.82, 2.24) is 4.31 Å². The molecule has 0 atom stereocenters. The zero-order valence-corrected chi connectivity index (χ0v) is 14.2. The number of aryl methyl sites for hydroxylation is 1. The SMILES string of the molecule is Cc1ccc(N)c(S(=O)(=O)N(CCC(C)C)C2CC2)c1C. The number of nitrogens with zero attached hydrogens (tertiary/aromatic N) is 1. The second-order valence-corrected chi connectivity index (χ2v) is 8.28. The van der Waals surface area contributed by atoms with E-state index < -0.39 is 10.0 Å². The first-order valence-corrected chi connectivity index (χ1v) is 9.06. The predicted octanol–water partition coefficient (Wildman–Crippen LogP) is 3.08. The third-order valence-electron chi connectivity index (χ3n) is 4.15. The van der Waals surface area contributed by atoms with E-state index in [1.165, 1.54) is 0 Å². The molecule has 1 aromatic carbocycles. The quantitative estimate of drug-likeness (QED) is 0.821. The summed E-state index contributed by atoms with van der Waals surface area (Å²) in [4.78, 5) is 0.304. The first kappa shape index (κ1) is 16.3. The molecule has 0 spiro atoms. The number of rotatable bonds is 6. The molecule has 0 saturated heterocycles. The average molecular weight is 310 g/mol. The zero-order valence-electron chi connectivity index (χ0n) is 13.4. The van der Waals surface area contributed by atoms with Gasteiger partial charge >= 0.3 is 0 Å². The molecule has 21 heavy (non-hydrogen) atoms. The highest BCUT2D eigenvalue weighted by molar-refractivity contribution is 7.89. The van der Waals surface area contributed by atoms with Gasteiger partial charge in [0.25, 0.3) is 0 Å². The van der Waals surface area contributed by atoms with Gasteiger partial charge in [0.05, 0.1) is 5.69 Å². The molecule has 0 amide bonds. The maximum atomic E-state index is 13.1. The van der Waals surface area contributed by atoms with Gasteiger partial charge < -0.3 is 5.73 Å². The van der Waals surface area contributed by atoms with E-state index in [1.54, 1.807) is 10.4 Å². The van der Waals surface area contributed by atoms with Crippen molar-refractivity contribution in [3.63, 3.8) is 0 Å². The fourth-order valence-corrected chi connectivity index (χ4v) is 4.62. The van der Waals surface area contributed by atoms with Gasteiger partial charge in [0, 0.05) is 12.6 Å². The van der Waals surface area contributed by atoms with Gasteiger partial charge in [0.2, 0.25) is 10.0 Å². The summed E-state index contributed by atoms with van der Waals surface area (Å²) in [6.07, 6.45) is 2.80. The van der Waals surface area contributed by atoms with E-state index in [0.29, 0.717) is 23.0 Å². The van der Waals surface area contributed by atoms with Crippen LogP contribution in [0.4, 0.5) is 5.69 Å². The molecule has 0 aliphatic heterocycles.